The van der Waals surface area contributed by atoms with Gasteiger partial charge in [0.05, 0.1) is 13.2 Å². The van der Waals surface area contributed by atoms with Gasteiger partial charge in [-0.3, -0.25) is 0 Å². The van der Waals surface area contributed by atoms with Crippen LogP contribution in [-0.4, -0.2) is 54.8 Å². The van der Waals surface area contributed by atoms with E-state index in [0.29, 0.717) is 0 Å². The van der Waals surface area contributed by atoms with Gasteiger partial charge in [0.15, 0.2) is 0 Å². The summed E-state index contributed by atoms with van der Waals surface area (Å²) in [5, 5.41) is 0.765. The van der Waals surface area contributed by atoms with Crippen LogP contribution in [0.5, 0.6) is 0 Å². The summed E-state index contributed by atoms with van der Waals surface area (Å²) < 4.78 is 5.48. The van der Waals surface area contributed by atoms with Crippen molar-refractivity contribution >= 4 is 11.8 Å². The molecule has 0 aromatic heterocycles. The maximum absolute atomic E-state index is 6.11. The number of nitrogens with zero attached hydrogens (tertiary/aromatic N) is 1. The monoisotopic (exact) mass is 230 g/mol. The lowest BCUT2D eigenvalue weighted by Gasteiger charge is -2.37. The van der Waals surface area contributed by atoms with Crippen molar-refractivity contribution in [3.63, 3.8) is 0 Å². The lowest BCUT2D eigenvalue weighted by atomic mass is 9.85. The summed E-state index contributed by atoms with van der Waals surface area (Å²) in [5.74, 6) is 1.26. The Kier molecular flexibility index (Phi) is 3.60. The average molecular weight is 230 g/mol. The van der Waals surface area contributed by atoms with Gasteiger partial charge in [0, 0.05) is 42.1 Å². The molecule has 0 spiro atoms. The van der Waals surface area contributed by atoms with Crippen LogP contribution in [0.4, 0.5) is 0 Å². The van der Waals surface area contributed by atoms with E-state index in [1.54, 1.807) is 0 Å². The van der Waals surface area contributed by atoms with Gasteiger partial charge >= 0.3 is 0 Å². The highest BCUT2D eigenvalue weighted by molar-refractivity contribution is 7.99. The third-order valence-corrected chi connectivity index (χ3v) is 4.67. The van der Waals surface area contributed by atoms with Crippen molar-refractivity contribution in [1.82, 2.24) is 4.90 Å². The second-order valence-corrected chi connectivity index (χ2v) is 6.74. The Hall–Kier alpha value is 0.230. The fourth-order valence-corrected chi connectivity index (χ4v) is 3.52. The number of nitrogens with two attached hydrogens (primary N) is 1. The third kappa shape index (κ3) is 2.67. The predicted molar refractivity (Wildman–Crippen MR) is 65.3 cm³/mol. The van der Waals surface area contributed by atoms with Gasteiger partial charge in [-0.1, -0.05) is 13.8 Å². The van der Waals surface area contributed by atoms with E-state index in [1.807, 2.05) is 0 Å². The minimum atomic E-state index is 0.168. The van der Waals surface area contributed by atoms with Crippen molar-refractivity contribution in [2.75, 3.05) is 38.6 Å². The Morgan fingerprint density at radius 2 is 2.40 bits per heavy atom. The number of hydrogen-bond donors (Lipinski definition) is 1. The third-order valence-electron chi connectivity index (χ3n) is 3.53. The molecule has 3 nitrogen and oxygen atoms in total. The number of ether oxygens (including phenoxy) is 1. The van der Waals surface area contributed by atoms with E-state index in [4.69, 9.17) is 10.5 Å². The summed E-state index contributed by atoms with van der Waals surface area (Å²) in [6, 6.07) is 0.211. The van der Waals surface area contributed by atoms with Crippen LogP contribution >= 0.6 is 11.8 Å². The lowest BCUT2D eigenvalue weighted by Crippen LogP contribution is -2.49. The molecule has 15 heavy (non-hydrogen) atoms. The van der Waals surface area contributed by atoms with E-state index >= 15 is 0 Å². The van der Waals surface area contributed by atoms with E-state index < -0.39 is 0 Å². The number of thioether (sulfide) groups is 1. The van der Waals surface area contributed by atoms with Crippen LogP contribution in [0.25, 0.3) is 0 Å². The Balaban J connectivity index is 1.90. The Labute approximate surface area is 96.7 Å². The molecule has 0 radical (unpaired) electrons. The molecule has 3 atom stereocenters. The molecule has 4 heteroatoms. The van der Waals surface area contributed by atoms with Gasteiger partial charge in [-0.15, -0.1) is 0 Å². The SMILES string of the molecule is CC1CN(CC2(C)COCC2N)CCS1. The van der Waals surface area contributed by atoms with Crippen LogP contribution < -0.4 is 5.73 Å². The molecule has 2 heterocycles. The van der Waals surface area contributed by atoms with Crippen LogP contribution in [0.3, 0.4) is 0 Å². The molecule has 2 fully saturated rings. The highest BCUT2D eigenvalue weighted by atomic mass is 32.2. The maximum atomic E-state index is 6.11. The van der Waals surface area contributed by atoms with Crippen LogP contribution in [-0.2, 0) is 4.74 Å². The average Bonchev–Trinajstić information content (AvgIpc) is 2.47. The van der Waals surface area contributed by atoms with E-state index in [-0.39, 0.29) is 11.5 Å². The van der Waals surface area contributed by atoms with Crippen LogP contribution in [0.15, 0.2) is 0 Å². The van der Waals surface area contributed by atoms with E-state index in [2.05, 4.69) is 30.5 Å². The van der Waals surface area contributed by atoms with Crippen LogP contribution in [0.1, 0.15) is 13.8 Å². The van der Waals surface area contributed by atoms with Gasteiger partial charge in [-0.2, -0.15) is 11.8 Å². The molecule has 2 rings (SSSR count). The van der Waals surface area contributed by atoms with Crippen molar-refractivity contribution in [2.24, 2.45) is 11.1 Å². The van der Waals surface area contributed by atoms with Gasteiger partial charge in [-0.25, -0.2) is 0 Å². The molecule has 88 valence electrons. The molecule has 0 bridgehead atoms. The molecular formula is C11H22N2OS. The molecule has 0 aromatic rings. The molecule has 2 aliphatic rings. The Bertz CT molecular complexity index is 227. The molecule has 0 saturated carbocycles. The maximum Gasteiger partial charge on any atom is 0.0624 e. The van der Waals surface area contributed by atoms with Crippen molar-refractivity contribution in [3.8, 4) is 0 Å². The smallest absolute Gasteiger partial charge is 0.0624 e. The van der Waals surface area contributed by atoms with Gasteiger partial charge in [0.25, 0.3) is 0 Å². The standard InChI is InChI=1S/C11H22N2OS/c1-9-5-13(3-4-15-9)7-11(2)8-14-6-10(11)12/h9-10H,3-8,12H2,1-2H3. The van der Waals surface area contributed by atoms with E-state index in [9.17, 15) is 0 Å². The Morgan fingerprint density at radius 3 is 3.00 bits per heavy atom. The minimum absolute atomic E-state index is 0.168. The molecule has 3 unspecified atom stereocenters. The summed E-state index contributed by atoms with van der Waals surface area (Å²) in [7, 11) is 0. The van der Waals surface area contributed by atoms with Crippen LogP contribution in [0.2, 0.25) is 0 Å². The first-order valence-corrected chi connectivity index (χ1v) is 6.82. The first kappa shape index (κ1) is 11.7. The molecule has 2 saturated heterocycles. The number of rotatable bonds is 2. The highest BCUT2D eigenvalue weighted by Crippen LogP contribution is 2.29. The zero-order chi connectivity index (χ0) is 10.9. The van der Waals surface area contributed by atoms with Crippen molar-refractivity contribution in [2.45, 2.75) is 25.1 Å². The zero-order valence-corrected chi connectivity index (χ0v) is 10.6. The van der Waals surface area contributed by atoms with Crippen LogP contribution in [0, 0.1) is 5.41 Å². The Morgan fingerprint density at radius 1 is 1.60 bits per heavy atom. The first-order chi connectivity index (χ1) is 7.10. The summed E-state index contributed by atoms with van der Waals surface area (Å²) >= 11 is 2.08. The molecule has 0 aromatic carbocycles. The van der Waals surface area contributed by atoms with Crippen molar-refractivity contribution in [3.05, 3.63) is 0 Å². The molecular weight excluding hydrogens is 208 g/mol. The normalized spacial score (nSPS) is 43.4. The first-order valence-electron chi connectivity index (χ1n) is 5.77. The topological polar surface area (TPSA) is 38.5 Å². The van der Waals surface area contributed by atoms with Gasteiger partial charge < -0.3 is 15.4 Å². The van der Waals surface area contributed by atoms with Gasteiger partial charge in [0.2, 0.25) is 0 Å². The van der Waals surface area contributed by atoms with Crippen molar-refractivity contribution < 1.29 is 4.74 Å². The zero-order valence-electron chi connectivity index (χ0n) is 9.74. The van der Waals surface area contributed by atoms with Gasteiger partial charge in [0.1, 0.15) is 0 Å². The molecule has 2 aliphatic heterocycles. The lowest BCUT2D eigenvalue weighted by molar-refractivity contribution is 0.121. The molecule has 0 amide bonds. The summed E-state index contributed by atoms with van der Waals surface area (Å²) in [5.41, 5.74) is 6.28. The fourth-order valence-electron chi connectivity index (χ4n) is 2.44. The predicted octanol–water partition coefficient (Wildman–Crippen LogP) is 0.788. The second-order valence-electron chi connectivity index (χ2n) is 5.19. The highest BCUT2D eigenvalue weighted by Gasteiger charge is 2.39. The van der Waals surface area contributed by atoms with E-state index in [0.717, 1.165) is 25.0 Å². The quantitative estimate of drug-likeness (QED) is 0.761. The second kappa shape index (κ2) is 4.62. The summed E-state index contributed by atoms with van der Waals surface area (Å²) in [6.45, 7) is 9.63. The summed E-state index contributed by atoms with van der Waals surface area (Å²) in [6.07, 6.45) is 0. The van der Waals surface area contributed by atoms with E-state index in [1.165, 1.54) is 18.8 Å². The summed E-state index contributed by atoms with van der Waals surface area (Å²) in [4.78, 5) is 2.55. The molecule has 2 N–H and O–H groups in total. The largest absolute Gasteiger partial charge is 0.379 e. The number of hydrogen-bond acceptors (Lipinski definition) is 4. The fraction of sp³-hybridized carbons (Fsp3) is 1.00. The minimum Gasteiger partial charge on any atom is -0.379 e. The molecule has 0 aliphatic carbocycles. The van der Waals surface area contributed by atoms with Gasteiger partial charge in [-0.05, 0) is 0 Å². The van der Waals surface area contributed by atoms with Crippen molar-refractivity contribution in [1.29, 1.82) is 0 Å².